The third-order valence-electron chi connectivity index (χ3n) is 3.41. The predicted octanol–water partition coefficient (Wildman–Crippen LogP) is 1.18. The molecular formula is C13H18N2O3. The molecule has 0 aliphatic carbocycles. The minimum atomic E-state index is -1.01. The molecule has 1 heterocycles. The Bertz CT molecular complexity index is 448. The largest absolute Gasteiger partial charge is 0.478 e. The van der Waals surface area contributed by atoms with E-state index in [1.54, 1.807) is 12.1 Å². The highest BCUT2D eigenvalue weighted by molar-refractivity contribution is 5.94. The van der Waals surface area contributed by atoms with Crippen LogP contribution in [0.4, 0.5) is 11.4 Å². The van der Waals surface area contributed by atoms with E-state index in [1.807, 2.05) is 6.07 Å². The van der Waals surface area contributed by atoms with Crippen LogP contribution in [0.25, 0.3) is 0 Å². The fourth-order valence-electron chi connectivity index (χ4n) is 2.37. The van der Waals surface area contributed by atoms with Crippen LogP contribution in [0.1, 0.15) is 23.2 Å². The van der Waals surface area contributed by atoms with Gasteiger partial charge in [0.25, 0.3) is 0 Å². The summed E-state index contributed by atoms with van der Waals surface area (Å²) in [7, 11) is 0. The van der Waals surface area contributed by atoms with Gasteiger partial charge in [-0.3, -0.25) is 0 Å². The predicted molar refractivity (Wildman–Crippen MR) is 69.8 cm³/mol. The quantitative estimate of drug-likeness (QED) is 0.701. The second-order valence-corrected chi connectivity index (χ2v) is 4.71. The van der Waals surface area contributed by atoms with Crippen molar-refractivity contribution in [3.63, 3.8) is 0 Å². The van der Waals surface area contributed by atoms with Crippen LogP contribution in [0, 0.1) is 5.92 Å². The van der Waals surface area contributed by atoms with Crippen molar-refractivity contribution in [2.75, 3.05) is 30.3 Å². The van der Waals surface area contributed by atoms with Crippen LogP contribution in [-0.2, 0) is 0 Å². The van der Waals surface area contributed by atoms with Gasteiger partial charge in [0.15, 0.2) is 0 Å². The van der Waals surface area contributed by atoms with Crippen LogP contribution in [0.3, 0.4) is 0 Å². The van der Waals surface area contributed by atoms with Crippen molar-refractivity contribution in [2.45, 2.75) is 12.8 Å². The molecule has 1 atom stereocenters. The van der Waals surface area contributed by atoms with E-state index in [-0.39, 0.29) is 23.8 Å². The van der Waals surface area contributed by atoms with E-state index in [1.165, 1.54) is 0 Å². The molecular weight excluding hydrogens is 232 g/mol. The Hall–Kier alpha value is -1.75. The lowest BCUT2D eigenvalue weighted by Crippen LogP contribution is -2.36. The number of nitrogen functional groups attached to an aromatic ring is 1. The maximum absolute atomic E-state index is 11.0. The molecule has 1 aliphatic rings. The van der Waals surface area contributed by atoms with Crippen LogP contribution in [0.15, 0.2) is 18.2 Å². The number of hydrogen-bond donors (Lipinski definition) is 3. The van der Waals surface area contributed by atoms with E-state index >= 15 is 0 Å². The summed E-state index contributed by atoms with van der Waals surface area (Å²) in [4.78, 5) is 13.1. The molecule has 0 aromatic heterocycles. The molecule has 1 aromatic rings. The Morgan fingerprint density at radius 2 is 2.28 bits per heavy atom. The fourth-order valence-corrected chi connectivity index (χ4v) is 2.37. The number of nitrogens with two attached hydrogens (primary N) is 1. The van der Waals surface area contributed by atoms with Crippen LogP contribution in [0.2, 0.25) is 0 Å². The standard InChI is InChI=1S/C13H18N2O3/c14-12-4-3-10(6-11(12)13(17)18)15-5-1-2-9(7-15)8-16/h3-4,6,9,16H,1-2,5,7-8,14H2,(H,17,18). The van der Waals surface area contributed by atoms with Crippen molar-refractivity contribution >= 4 is 17.3 Å². The number of piperidine rings is 1. The third-order valence-corrected chi connectivity index (χ3v) is 3.41. The number of anilines is 2. The van der Waals surface area contributed by atoms with Gasteiger partial charge in [-0.15, -0.1) is 0 Å². The lowest BCUT2D eigenvalue weighted by atomic mass is 9.98. The highest BCUT2D eigenvalue weighted by atomic mass is 16.4. The van der Waals surface area contributed by atoms with Crippen molar-refractivity contribution < 1.29 is 15.0 Å². The molecule has 1 aromatic carbocycles. The minimum Gasteiger partial charge on any atom is -0.478 e. The van der Waals surface area contributed by atoms with Crippen molar-refractivity contribution in [3.8, 4) is 0 Å². The Morgan fingerprint density at radius 3 is 2.94 bits per heavy atom. The van der Waals surface area contributed by atoms with E-state index in [4.69, 9.17) is 10.8 Å². The molecule has 5 nitrogen and oxygen atoms in total. The van der Waals surface area contributed by atoms with Gasteiger partial charge in [0.1, 0.15) is 0 Å². The maximum atomic E-state index is 11.0. The lowest BCUT2D eigenvalue weighted by Gasteiger charge is -2.33. The summed E-state index contributed by atoms with van der Waals surface area (Å²) in [6, 6.07) is 5.07. The molecule has 1 saturated heterocycles. The first-order valence-electron chi connectivity index (χ1n) is 6.10. The van der Waals surface area contributed by atoms with Crippen molar-refractivity contribution in [1.82, 2.24) is 0 Å². The number of carbonyl (C=O) groups is 1. The Morgan fingerprint density at radius 1 is 1.50 bits per heavy atom. The topological polar surface area (TPSA) is 86.8 Å². The minimum absolute atomic E-state index is 0.138. The normalized spacial score (nSPS) is 19.8. The first-order chi connectivity index (χ1) is 8.61. The van der Waals surface area contributed by atoms with Gasteiger partial charge in [-0.2, -0.15) is 0 Å². The van der Waals surface area contributed by atoms with E-state index in [0.717, 1.165) is 31.6 Å². The molecule has 18 heavy (non-hydrogen) atoms. The summed E-state index contributed by atoms with van der Waals surface area (Å²) < 4.78 is 0. The molecule has 0 radical (unpaired) electrons. The van der Waals surface area contributed by atoms with E-state index in [9.17, 15) is 9.90 Å². The van der Waals surface area contributed by atoms with Crippen LogP contribution in [-0.4, -0.2) is 35.9 Å². The molecule has 0 amide bonds. The summed E-state index contributed by atoms with van der Waals surface area (Å²) in [5, 5.41) is 18.2. The number of aliphatic hydroxyl groups excluding tert-OH is 1. The molecule has 98 valence electrons. The smallest absolute Gasteiger partial charge is 0.337 e. The van der Waals surface area contributed by atoms with E-state index in [2.05, 4.69) is 4.90 Å². The average molecular weight is 250 g/mol. The van der Waals surface area contributed by atoms with Crippen molar-refractivity contribution in [2.24, 2.45) is 5.92 Å². The number of aromatic carboxylic acids is 1. The van der Waals surface area contributed by atoms with Crippen molar-refractivity contribution in [1.29, 1.82) is 0 Å². The molecule has 4 N–H and O–H groups in total. The van der Waals surface area contributed by atoms with Gasteiger partial charge in [0.05, 0.1) is 5.56 Å². The second kappa shape index (κ2) is 5.27. The number of hydrogen-bond acceptors (Lipinski definition) is 4. The van der Waals surface area contributed by atoms with Crippen LogP contribution >= 0.6 is 0 Å². The van der Waals surface area contributed by atoms with Gasteiger partial charge in [0, 0.05) is 31.1 Å². The zero-order valence-corrected chi connectivity index (χ0v) is 10.2. The Labute approximate surface area is 106 Å². The molecule has 5 heteroatoms. The zero-order chi connectivity index (χ0) is 13.1. The van der Waals surface area contributed by atoms with Gasteiger partial charge < -0.3 is 20.8 Å². The second-order valence-electron chi connectivity index (χ2n) is 4.71. The summed E-state index contributed by atoms with van der Waals surface area (Å²) >= 11 is 0. The monoisotopic (exact) mass is 250 g/mol. The number of rotatable bonds is 3. The van der Waals surface area contributed by atoms with Gasteiger partial charge in [0.2, 0.25) is 0 Å². The number of aliphatic hydroxyl groups is 1. The Kier molecular flexibility index (Phi) is 3.72. The molecule has 1 aliphatic heterocycles. The molecule has 0 bridgehead atoms. The zero-order valence-electron chi connectivity index (χ0n) is 10.2. The lowest BCUT2D eigenvalue weighted by molar-refractivity contribution is 0.0698. The summed E-state index contributed by atoms with van der Waals surface area (Å²) in [5.74, 6) is -0.741. The fraction of sp³-hybridized carbons (Fsp3) is 0.462. The SMILES string of the molecule is Nc1ccc(N2CCCC(CO)C2)cc1C(=O)O. The van der Waals surface area contributed by atoms with E-state index in [0.29, 0.717) is 0 Å². The van der Waals surface area contributed by atoms with Crippen molar-refractivity contribution in [3.05, 3.63) is 23.8 Å². The maximum Gasteiger partial charge on any atom is 0.337 e. The molecule has 2 rings (SSSR count). The molecule has 1 fully saturated rings. The summed E-state index contributed by atoms with van der Waals surface area (Å²) in [6.07, 6.45) is 2.03. The number of carboxylic acids is 1. The number of benzene rings is 1. The highest BCUT2D eigenvalue weighted by Gasteiger charge is 2.20. The van der Waals surface area contributed by atoms with Gasteiger partial charge in [-0.05, 0) is 37.0 Å². The van der Waals surface area contributed by atoms with Crippen LogP contribution in [0.5, 0.6) is 0 Å². The van der Waals surface area contributed by atoms with Crippen LogP contribution < -0.4 is 10.6 Å². The number of nitrogens with zero attached hydrogens (tertiary/aromatic N) is 1. The van der Waals surface area contributed by atoms with Gasteiger partial charge >= 0.3 is 5.97 Å². The average Bonchev–Trinajstić information content (AvgIpc) is 2.39. The number of carboxylic acid groups (broad SMARTS) is 1. The molecule has 0 saturated carbocycles. The third kappa shape index (κ3) is 2.56. The molecule has 0 spiro atoms. The van der Waals surface area contributed by atoms with E-state index < -0.39 is 5.97 Å². The van der Waals surface area contributed by atoms with Gasteiger partial charge in [-0.1, -0.05) is 0 Å². The summed E-state index contributed by atoms with van der Waals surface area (Å²) in [6.45, 7) is 1.83. The van der Waals surface area contributed by atoms with Gasteiger partial charge in [-0.25, -0.2) is 4.79 Å². The summed E-state index contributed by atoms with van der Waals surface area (Å²) in [5.41, 5.74) is 6.91. The Balaban J connectivity index is 2.22. The molecule has 1 unspecified atom stereocenters. The highest BCUT2D eigenvalue weighted by Crippen LogP contribution is 2.26. The first kappa shape index (κ1) is 12.7. The first-order valence-corrected chi connectivity index (χ1v) is 6.10.